The highest BCUT2D eigenvalue weighted by Gasteiger charge is 2.59. The summed E-state index contributed by atoms with van der Waals surface area (Å²) in [4.78, 5) is 3.36. The Morgan fingerprint density at radius 1 is 1.37 bits per heavy atom. The van der Waals surface area contributed by atoms with Crippen molar-refractivity contribution in [3.63, 3.8) is 0 Å². The van der Waals surface area contributed by atoms with Crippen LogP contribution in [0.25, 0.3) is 0 Å². The van der Waals surface area contributed by atoms with Crippen molar-refractivity contribution in [3.8, 4) is 0 Å². The maximum atomic E-state index is 10.9. The zero-order valence-corrected chi connectivity index (χ0v) is 12.7. The van der Waals surface area contributed by atoms with Gasteiger partial charge in [0.2, 0.25) is 0 Å². The minimum absolute atomic E-state index is 0.261. The van der Waals surface area contributed by atoms with Crippen molar-refractivity contribution in [2.45, 2.75) is 53.5 Å². The number of hydrogen-bond donors (Lipinski definition) is 1. The molecule has 1 aromatic rings. The van der Waals surface area contributed by atoms with Gasteiger partial charge in [0.05, 0.1) is 11.4 Å². The average Bonchev–Trinajstić information content (AvgIpc) is 3.14. The van der Waals surface area contributed by atoms with Crippen molar-refractivity contribution in [2.75, 3.05) is 0 Å². The molecule has 7 heteroatoms. The van der Waals surface area contributed by atoms with E-state index in [1.165, 1.54) is 6.33 Å². The Morgan fingerprint density at radius 3 is 2.53 bits per heavy atom. The number of hydrogen-bond acceptors (Lipinski definition) is 3. The highest BCUT2D eigenvalue weighted by molar-refractivity contribution is 6.50. The lowest BCUT2D eigenvalue weighted by Gasteiger charge is -2.33. The first kappa shape index (κ1) is 13.9. The molecule has 0 spiro atoms. The fourth-order valence-electron chi connectivity index (χ4n) is 2.60. The molecule has 0 unspecified atom stereocenters. The monoisotopic (exact) mass is 323 g/mol. The Hall–Kier alpha value is -0.0300. The van der Waals surface area contributed by atoms with E-state index in [4.69, 9.17) is 34.8 Å². The number of nitrogens with zero attached hydrogens (tertiary/aromatic N) is 3. The molecule has 0 aromatic carbocycles. The van der Waals surface area contributed by atoms with Gasteiger partial charge in [-0.3, -0.25) is 4.68 Å². The summed E-state index contributed by atoms with van der Waals surface area (Å²) in [6.07, 6.45) is 6.88. The van der Waals surface area contributed by atoms with Crippen LogP contribution in [0.3, 0.4) is 0 Å². The van der Waals surface area contributed by atoms with Crippen molar-refractivity contribution in [2.24, 2.45) is 5.92 Å². The Kier molecular flexibility index (Phi) is 3.29. The van der Waals surface area contributed by atoms with Crippen LogP contribution in [-0.4, -0.2) is 34.7 Å². The molecule has 1 aromatic heterocycles. The highest BCUT2D eigenvalue weighted by Crippen LogP contribution is 2.58. The highest BCUT2D eigenvalue weighted by atomic mass is 35.5. The van der Waals surface area contributed by atoms with Gasteiger partial charge < -0.3 is 5.11 Å². The summed E-state index contributed by atoms with van der Waals surface area (Å²) in [7, 11) is 0. The molecule has 0 radical (unpaired) electrons. The quantitative estimate of drug-likeness (QED) is 0.819. The van der Waals surface area contributed by atoms with Gasteiger partial charge in [-0.05, 0) is 38.0 Å². The lowest BCUT2D eigenvalue weighted by atomic mass is 9.90. The van der Waals surface area contributed by atoms with E-state index in [2.05, 4.69) is 10.1 Å². The van der Waals surface area contributed by atoms with Gasteiger partial charge in [-0.1, -0.05) is 0 Å². The van der Waals surface area contributed by atoms with Crippen LogP contribution >= 0.6 is 34.8 Å². The van der Waals surface area contributed by atoms with Gasteiger partial charge in [0.1, 0.15) is 22.6 Å². The maximum absolute atomic E-state index is 10.9. The summed E-state index contributed by atoms with van der Waals surface area (Å²) in [6.45, 7) is 0.362. The molecule has 19 heavy (non-hydrogen) atoms. The second-order valence-corrected chi connectivity index (χ2v) is 8.06. The Labute approximate surface area is 127 Å². The van der Waals surface area contributed by atoms with Crippen molar-refractivity contribution < 1.29 is 5.11 Å². The number of alkyl halides is 3. The van der Waals surface area contributed by atoms with E-state index in [1.807, 2.05) is 0 Å². The molecule has 0 aliphatic heterocycles. The summed E-state index contributed by atoms with van der Waals surface area (Å²) in [5, 5.41) is 15.0. The van der Waals surface area contributed by atoms with Gasteiger partial charge in [0.15, 0.2) is 0 Å². The number of aromatic nitrogens is 3. The lowest BCUT2D eigenvalue weighted by molar-refractivity contribution is -0.00374. The van der Waals surface area contributed by atoms with Crippen LogP contribution in [0.2, 0.25) is 0 Å². The molecule has 0 amide bonds. The topological polar surface area (TPSA) is 50.9 Å². The molecule has 1 heterocycles. The molecule has 2 aliphatic carbocycles. The minimum Gasteiger partial charge on any atom is -0.386 e. The van der Waals surface area contributed by atoms with E-state index in [0.29, 0.717) is 13.0 Å². The predicted molar refractivity (Wildman–Crippen MR) is 74.6 cm³/mol. The SMILES string of the molecule is O[C@](CC[C@@H]1CC1(Cl)Cl)(Cn1cncn1)C1(Cl)CC1. The molecule has 106 valence electrons. The van der Waals surface area contributed by atoms with Gasteiger partial charge in [-0.15, -0.1) is 34.8 Å². The molecule has 4 nitrogen and oxygen atoms in total. The molecule has 2 saturated carbocycles. The van der Waals surface area contributed by atoms with Gasteiger partial charge in [-0.2, -0.15) is 5.10 Å². The zero-order valence-electron chi connectivity index (χ0n) is 10.4. The standard InChI is InChI=1S/C12H16Cl3N3O/c13-10(3-4-10)11(19,6-18-8-16-7-17-18)2-1-9-5-12(9,14)15/h7-9,19H,1-6H2/t9-,11-/m1/s1. The molecule has 0 bridgehead atoms. The average molecular weight is 325 g/mol. The molecular weight excluding hydrogens is 309 g/mol. The largest absolute Gasteiger partial charge is 0.386 e. The van der Waals surface area contributed by atoms with Gasteiger partial charge in [0, 0.05) is 0 Å². The van der Waals surface area contributed by atoms with Crippen LogP contribution in [0.5, 0.6) is 0 Å². The van der Waals surface area contributed by atoms with Crippen LogP contribution in [0.4, 0.5) is 0 Å². The fourth-order valence-corrected chi connectivity index (χ4v) is 3.44. The molecule has 2 fully saturated rings. The second kappa shape index (κ2) is 4.48. The van der Waals surface area contributed by atoms with Crippen molar-refractivity contribution in [1.82, 2.24) is 14.8 Å². The molecule has 2 atom stereocenters. The van der Waals surface area contributed by atoms with Crippen LogP contribution < -0.4 is 0 Å². The second-order valence-electron chi connectivity index (χ2n) is 5.79. The zero-order chi connectivity index (χ0) is 13.7. The number of aliphatic hydroxyl groups is 1. The van der Waals surface area contributed by atoms with E-state index >= 15 is 0 Å². The summed E-state index contributed by atoms with van der Waals surface area (Å²) >= 11 is 18.5. The maximum Gasteiger partial charge on any atom is 0.137 e. The Morgan fingerprint density at radius 2 is 2.05 bits per heavy atom. The van der Waals surface area contributed by atoms with E-state index in [-0.39, 0.29) is 5.92 Å². The smallest absolute Gasteiger partial charge is 0.137 e. The van der Waals surface area contributed by atoms with E-state index in [9.17, 15) is 5.11 Å². The van der Waals surface area contributed by atoms with E-state index in [1.54, 1.807) is 11.0 Å². The summed E-state index contributed by atoms with van der Waals surface area (Å²) < 4.78 is 1.03. The first-order chi connectivity index (χ1) is 8.85. The number of halogens is 3. The summed E-state index contributed by atoms with van der Waals surface area (Å²) in [5.41, 5.74) is -0.977. The van der Waals surface area contributed by atoms with Crippen LogP contribution in [-0.2, 0) is 6.54 Å². The van der Waals surface area contributed by atoms with E-state index in [0.717, 1.165) is 25.7 Å². The van der Waals surface area contributed by atoms with Crippen LogP contribution in [0, 0.1) is 5.92 Å². The minimum atomic E-state index is -0.977. The normalized spacial score (nSPS) is 29.8. The van der Waals surface area contributed by atoms with Crippen molar-refractivity contribution in [3.05, 3.63) is 12.7 Å². The molecule has 1 N–H and O–H groups in total. The van der Waals surface area contributed by atoms with Gasteiger partial charge in [0.25, 0.3) is 0 Å². The third kappa shape index (κ3) is 2.73. The van der Waals surface area contributed by atoms with Crippen LogP contribution in [0.15, 0.2) is 12.7 Å². The molecule has 3 rings (SSSR count). The van der Waals surface area contributed by atoms with Gasteiger partial charge in [-0.25, -0.2) is 4.98 Å². The lowest BCUT2D eigenvalue weighted by Crippen LogP contribution is -2.45. The molecule has 2 aliphatic rings. The predicted octanol–water partition coefficient (Wildman–Crippen LogP) is 2.75. The third-order valence-electron chi connectivity index (χ3n) is 4.28. The number of rotatable bonds is 6. The third-order valence-corrected chi connectivity index (χ3v) is 5.93. The molecule has 0 saturated heterocycles. The van der Waals surface area contributed by atoms with E-state index < -0.39 is 14.8 Å². The summed E-state index contributed by atoms with van der Waals surface area (Å²) in [6, 6.07) is 0. The Balaban J connectivity index is 1.67. The fraction of sp³-hybridized carbons (Fsp3) is 0.833. The summed E-state index contributed by atoms with van der Waals surface area (Å²) in [5.74, 6) is 0.261. The first-order valence-electron chi connectivity index (χ1n) is 6.46. The van der Waals surface area contributed by atoms with Crippen molar-refractivity contribution in [1.29, 1.82) is 0 Å². The van der Waals surface area contributed by atoms with Gasteiger partial charge >= 0.3 is 0 Å². The van der Waals surface area contributed by atoms with Crippen LogP contribution in [0.1, 0.15) is 32.1 Å². The first-order valence-corrected chi connectivity index (χ1v) is 7.60. The Bertz CT molecular complexity index is 461. The molecular formula is C12H16Cl3N3O. The van der Waals surface area contributed by atoms with Crippen molar-refractivity contribution >= 4 is 34.8 Å².